The molecule has 2 N–H and O–H groups in total. The molecule has 152 valence electrons. The van der Waals surface area contributed by atoms with Crippen molar-refractivity contribution >= 4 is 22.4 Å². The predicted molar refractivity (Wildman–Crippen MR) is 113 cm³/mol. The zero-order valence-corrected chi connectivity index (χ0v) is 16.9. The Morgan fingerprint density at radius 1 is 1.14 bits per heavy atom. The molecule has 6 nitrogen and oxygen atoms in total. The van der Waals surface area contributed by atoms with Crippen LogP contribution in [0.3, 0.4) is 0 Å². The van der Waals surface area contributed by atoms with Crippen LogP contribution < -0.4 is 10.9 Å². The highest BCUT2D eigenvalue weighted by Gasteiger charge is 2.30. The molecule has 0 spiro atoms. The molecular weight excluding hydrogens is 354 g/mol. The number of benzene rings is 1. The van der Waals surface area contributed by atoms with E-state index in [1.165, 1.54) is 0 Å². The molecule has 1 aliphatic carbocycles. The molecule has 3 rings (SSSR count). The van der Waals surface area contributed by atoms with Crippen molar-refractivity contribution in [3.63, 3.8) is 0 Å². The number of rotatable bonds is 6. The Morgan fingerprint density at radius 2 is 1.86 bits per heavy atom. The third-order valence-corrected chi connectivity index (χ3v) is 5.60. The number of nitrogens with one attached hydrogen (secondary N) is 1. The first-order valence-electron chi connectivity index (χ1n) is 10.2. The molecular formula is C22H31N3O3. The van der Waals surface area contributed by atoms with Gasteiger partial charge in [-0.25, -0.2) is 0 Å². The van der Waals surface area contributed by atoms with E-state index in [9.17, 15) is 14.7 Å². The van der Waals surface area contributed by atoms with Crippen molar-refractivity contribution in [3.05, 3.63) is 40.8 Å². The number of aliphatic hydroxyl groups is 1. The summed E-state index contributed by atoms with van der Waals surface area (Å²) in [5.41, 5.74) is -0.348. The highest BCUT2D eigenvalue weighted by Crippen LogP contribution is 2.30. The Hall–Kier alpha value is -2.18. The molecule has 6 heteroatoms. The van der Waals surface area contributed by atoms with Gasteiger partial charge in [-0.3, -0.25) is 9.59 Å². The number of fused-ring (bicyclic) bond motifs is 1. The maximum absolute atomic E-state index is 12.8. The van der Waals surface area contributed by atoms with Crippen LogP contribution in [0.1, 0.15) is 44.9 Å². The normalized spacial score (nSPS) is 16.9. The molecule has 1 aliphatic rings. The van der Waals surface area contributed by atoms with Gasteiger partial charge in [0.1, 0.15) is 0 Å². The van der Waals surface area contributed by atoms with Crippen molar-refractivity contribution in [2.75, 3.05) is 26.0 Å². The van der Waals surface area contributed by atoms with Crippen molar-refractivity contribution in [3.8, 4) is 0 Å². The van der Waals surface area contributed by atoms with Crippen LogP contribution in [-0.4, -0.2) is 46.7 Å². The van der Waals surface area contributed by atoms with Crippen LogP contribution in [0.4, 0.5) is 5.69 Å². The number of aromatic nitrogens is 1. The standard InChI is InChI=1S/C22H31N3O3/c1-24(2)14-15-25-13-10-17-18(21(25)27)8-7-9-19(17)23-20(26)16-22(28)11-5-3-4-6-12-22/h7-10,13,28H,3-6,11-12,14-16H2,1-2H3,(H,23,26). The van der Waals surface area contributed by atoms with E-state index in [2.05, 4.69) is 5.32 Å². The van der Waals surface area contributed by atoms with E-state index in [1.54, 1.807) is 29.0 Å². The Kier molecular flexibility index (Phi) is 6.52. The second-order valence-electron chi connectivity index (χ2n) is 8.25. The number of amides is 1. The van der Waals surface area contributed by atoms with Crippen molar-refractivity contribution in [2.45, 2.75) is 57.1 Å². The van der Waals surface area contributed by atoms with E-state index in [-0.39, 0.29) is 17.9 Å². The summed E-state index contributed by atoms with van der Waals surface area (Å²) in [4.78, 5) is 27.4. The molecule has 1 aromatic heterocycles. The van der Waals surface area contributed by atoms with Gasteiger partial charge in [0, 0.05) is 35.7 Å². The summed E-state index contributed by atoms with van der Waals surface area (Å²) in [7, 11) is 3.95. The van der Waals surface area contributed by atoms with Gasteiger partial charge in [0.05, 0.1) is 12.0 Å². The number of hydrogen-bond acceptors (Lipinski definition) is 4. The Labute approximate surface area is 166 Å². The van der Waals surface area contributed by atoms with Crippen LogP contribution in [-0.2, 0) is 11.3 Å². The van der Waals surface area contributed by atoms with Gasteiger partial charge in [-0.15, -0.1) is 0 Å². The molecule has 0 unspecified atom stereocenters. The highest BCUT2D eigenvalue weighted by molar-refractivity contribution is 6.02. The maximum Gasteiger partial charge on any atom is 0.258 e. The van der Waals surface area contributed by atoms with E-state index in [4.69, 9.17) is 0 Å². The van der Waals surface area contributed by atoms with Crippen LogP contribution in [0.5, 0.6) is 0 Å². The fourth-order valence-corrected chi connectivity index (χ4v) is 3.97. The van der Waals surface area contributed by atoms with E-state index < -0.39 is 5.60 Å². The number of likely N-dealkylation sites (N-methyl/N-ethyl adjacent to an activating group) is 1. The van der Waals surface area contributed by atoms with Gasteiger partial charge in [0.2, 0.25) is 5.91 Å². The first-order chi connectivity index (χ1) is 13.4. The number of hydrogen-bond donors (Lipinski definition) is 2. The molecule has 0 radical (unpaired) electrons. The topological polar surface area (TPSA) is 74.6 Å². The predicted octanol–water partition coefficient (Wildman–Crippen LogP) is 2.98. The molecule has 2 aromatic rings. The van der Waals surface area contributed by atoms with Gasteiger partial charge in [0.25, 0.3) is 5.56 Å². The van der Waals surface area contributed by atoms with Gasteiger partial charge in [-0.2, -0.15) is 0 Å². The van der Waals surface area contributed by atoms with Crippen LogP contribution in [0.15, 0.2) is 35.3 Å². The highest BCUT2D eigenvalue weighted by atomic mass is 16.3. The summed E-state index contributed by atoms with van der Waals surface area (Å²) in [6, 6.07) is 7.26. The first-order valence-corrected chi connectivity index (χ1v) is 10.2. The van der Waals surface area contributed by atoms with Crippen molar-refractivity contribution in [1.29, 1.82) is 0 Å². The second kappa shape index (κ2) is 8.88. The largest absolute Gasteiger partial charge is 0.389 e. The van der Waals surface area contributed by atoms with Gasteiger partial charge < -0.3 is 19.9 Å². The van der Waals surface area contributed by atoms with Crippen LogP contribution in [0.25, 0.3) is 10.8 Å². The molecule has 28 heavy (non-hydrogen) atoms. The summed E-state index contributed by atoms with van der Waals surface area (Å²) in [6.07, 6.45) is 7.39. The summed E-state index contributed by atoms with van der Waals surface area (Å²) in [6.45, 7) is 1.39. The molecule has 1 heterocycles. The maximum atomic E-state index is 12.8. The van der Waals surface area contributed by atoms with E-state index in [1.807, 2.05) is 25.1 Å². The quantitative estimate of drug-likeness (QED) is 0.750. The summed E-state index contributed by atoms with van der Waals surface area (Å²) in [5, 5.41) is 15.0. The molecule has 0 bridgehead atoms. The smallest absolute Gasteiger partial charge is 0.258 e. The third-order valence-electron chi connectivity index (χ3n) is 5.60. The fraction of sp³-hybridized carbons (Fsp3) is 0.545. The number of carbonyl (C=O) groups is 1. The van der Waals surface area contributed by atoms with Crippen molar-refractivity contribution < 1.29 is 9.90 Å². The number of nitrogens with zero attached hydrogens (tertiary/aromatic N) is 2. The van der Waals surface area contributed by atoms with Gasteiger partial charge >= 0.3 is 0 Å². The second-order valence-corrected chi connectivity index (χ2v) is 8.25. The summed E-state index contributed by atoms with van der Waals surface area (Å²) < 4.78 is 1.70. The number of anilines is 1. The minimum absolute atomic E-state index is 0.0576. The fourth-order valence-electron chi connectivity index (χ4n) is 3.97. The molecule has 1 amide bonds. The van der Waals surface area contributed by atoms with E-state index in [0.717, 1.165) is 37.6 Å². The van der Waals surface area contributed by atoms with Crippen LogP contribution >= 0.6 is 0 Å². The first kappa shape index (κ1) is 20.6. The zero-order chi connectivity index (χ0) is 20.1. The third kappa shape index (κ3) is 5.00. The lowest BCUT2D eigenvalue weighted by atomic mass is 9.90. The van der Waals surface area contributed by atoms with Crippen LogP contribution in [0.2, 0.25) is 0 Å². The molecule has 1 saturated carbocycles. The van der Waals surface area contributed by atoms with Gasteiger partial charge in [-0.05, 0) is 45.1 Å². The van der Waals surface area contributed by atoms with E-state index >= 15 is 0 Å². The summed E-state index contributed by atoms with van der Waals surface area (Å²) >= 11 is 0. The molecule has 0 aliphatic heterocycles. The summed E-state index contributed by atoms with van der Waals surface area (Å²) in [5.74, 6) is -0.200. The molecule has 1 aromatic carbocycles. The molecule has 0 saturated heterocycles. The van der Waals surface area contributed by atoms with Gasteiger partial charge in [-0.1, -0.05) is 31.7 Å². The SMILES string of the molecule is CN(C)CCn1ccc2c(NC(=O)CC3(O)CCCCCC3)cccc2c1=O. The van der Waals surface area contributed by atoms with Crippen molar-refractivity contribution in [2.24, 2.45) is 0 Å². The minimum Gasteiger partial charge on any atom is -0.389 e. The molecule has 0 atom stereocenters. The lowest BCUT2D eigenvalue weighted by Gasteiger charge is -2.26. The lowest BCUT2D eigenvalue weighted by molar-refractivity contribution is -0.121. The average molecular weight is 386 g/mol. The number of carbonyl (C=O) groups excluding carboxylic acids is 1. The van der Waals surface area contributed by atoms with Crippen LogP contribution in [0, 0.1) is 0 Å². The van der Waals surface area contributed by atoms with E-state index in [0.29, 0.717) is 30.5 Å². The number of pyridine rings is 1. The monoisotopic (exact) mass is 385 g/mol. The van der Waals surface area contributed by atoms with Gasteiger partial charge in [0.15, 0.2) is 0 Å². The Bertz CT molecular complexity index is 880. The lowest BCUT2D eigenvalue weighted by Crippen LogP contribution is -2.33. The Balaban J connectivity index is 1.78. The average Bonchev–Trinajstić information content (AvgIpc) is 2.85. The Morgan fingerprint density at radius 3 is 2.54 bits per heavy atom. The zero-order valence-electron chi connectivity index (χ0n) is 16.9. The molecule has 1 fully saturated rings. The van der Waals surface area contributed by atoms with Crippen molar-refractivity contribution in [1.82, 2.24) is 9.47 Å². The minimum atomic E-state index is -0.913.